The summed E-state index contributed by atoms with van der Waals surface area (Å²) < 4.78 is 15.6. The molecule has 0 radical (unpaired) electrons. The summed E-state index contributed by atoms with van der Waals surface area (Å²) in [5, 5.41) is 8.37. The number of hydrogen-bond acceptors (Lipinski definition) is 10. The molecule has 0 saturated heterocycles. The summed E-state index contributed by atoms with van der Waals surface area (Å²) in [6.45, 7) is 9.45. The van der Waals surface area contributed by atoms with Crippen molar-refractivity contribution >= 4 is 29.1 Å². The molecule has 0 aromatic carbocycles. The molecule has 11 nitrogen and oxygen atoms in total. The maximum atomic E-state index is 12.9. The van der Waals surface area contributed by atoms with Crippen LogP contribution in [0.15, 0.2) is 20.5 Å². The summed E-state index contributed by atoms with van der Waals surface area (Å²) in [4.78, 5) is 49.9. The van der Waals surface area contributed by atoms with Gasteiger partial charge < -0.3 is 24.2 Å². The number of unbranched alkanes of at least 4 members (excludes halogenated alkanes) is 2. The van der Waals surface area contributed by atoms with Gasteiger partial charge in [-0.3, -0.25) is 9.59 Å². The van der Waals surface area contributed by atoms with E-state index < -0.39 is 17.9 Å². The minimum Gasteiger partial charge on any atom is -0.464 e. The van der Waals surface area contributed by atoms with Crippen molar-refractivity contribution in [3.05, 3.63) is 39.7 Å². The second-order valence-corrected chi connectivity index (χ2v) is 9.89. The van der Waals surface area contributed by atoms with E-state index in [-0.39, 0.29) is 41.0 Å². The number of aromatic nitrogens is 3. The zero-order valence-corrected chi connectivity index (χ0v) is 22.7. The minimum atomic E-state index is -0.635. The van der Waals surface area contributed by atoms with Gasteiger partial charge in [-0.15, -0.1) is 11.3 Å². The highest BCUT2D eigenvalue weighted by molar-refractivity contribution is 7.10. The average molecular weight is 532 g/mol. The van der Waals surface area contributed by atoms with Crippen LogP contribution in [0.5, 0.6) is 0 Å². The normalized spacial score (nSPS) is 12.8. The molecule has 2 amide bonds. The zero-order valence-electron chi connectivity index (χ0n) is 21.9. The van der Waals surface area contributed by atoms with Crippen molar-refractivity contribution in [2.75, 3.05) is 7.11 Å². The van der Waals surface area contributed by atoms with Gasteiger partial charge >= 0.3 is 5.97 Å². The van der Waals surface area contributed by atoms with Crippen LogP contribution in [0.2, 0.25) is 0 Å². The van der Waals surface area contributed by atoms with Crippen molar-refractivity contribution in [3.8, 4) is 11.6 Å². The number of esters is 1. The summed E-state index contributed by atoms with van der Waals surface area (Å²) in [5.41, 5.74) is 0.590. The number of thiazole rings is 1. The predicted octanol–water partition coefficient (Wildman–Crippen LogP) is 4.77. The van der Waals surface area contributed by atoms with Gasteiger partial charge in [-0.1, -0.05) is 33.6 Å². The molecule has 0 spiro atoms. The van der Waals surface area contributed by atoms with Gasteiger partial charge in [0.15, 0.2) is 11.4 Å². The molecule has 2 N–H and O–H groups in total. The van der Waals surface area contributed by atoms with Crippen molar-refractivity contribution in [1.82, 2.24) is 25.6 Å². The number of rotatable bonds is 12. The van der Waals surface area contributed by atoms with Crippen molar-refractivity contribution in [3.63, 3.8) is 0 Å². The molecular formula is C25H33N5O6S. The Bertz CT molecular complexity index is 1230. The van der Waals surface area contributed by atoms with Crippen molar-refractivity contribution in [2.45, 2.75) is 72.4 Å². The van der Waals surface area contributed by atoms with Crippen LogP contribution in [-0.4, -0.2) is 39.8 Å². The van der Waals surface area contributed by atoms with E-state index in [1.807, 2.05) is 13.8 Å². The lowest BCUT2D eigenvalue weighted by molar-refractivity contribution is -0.122. The molecule has 2 atom stereocenters. The molecule has 0 aliphatic heterocycles. The van der Waals surface area contributed by atoms with E-state index in [1.165, 1.54) is 24.7 Å². The fourth-order valence-electron chi connectivity index (χ4n) is 3.55. The van der Waals surface area contributed by atoms with Crippen LogP contribution in [0.1, 0.15) is 103 Å². The molecule has 3 aromatic heterocycles. The van der Waals surface area contributed by atoms with E-state index in [0.29, 0.717) is 17.9 Å². The van der Waals surface area contributed by atoms with Crippen molar-refractivity contribution in [1.29, 1.82) is 0 Å². The fourth-order valence-corrected chi connectivity index (χ4v) is 4.57. The first-order valence-corrected chi connectivity index (χ1v) is 13.1. The number of methoxy groups -OCH3 is 1. The van der Waals surface area contributed by atoms with E-state index in [9.17, 15) is 14.4 Å². The molecule has 0 bridgehead atoms. The minimum absolute atomic E-state index is 0.00805. The Morgan fingerprint density at radius 1 is 1.11 bits per heavy atom. The Morgan fingerprint density at radius 2 is 1.86 bits per heavy atom. The fraction of sp³-hybridized carbons (Fsp3) is 0.520. The Hall–Kier alpha value is -3.54. The third-order valence-corrected chi connectivity index (χ3v) is 6.57. The standard InChI is InChI=1S/C25H33N5O6S/c1-7-8-9-10-18(31)29-19(13(2)3)24-28-17(12-37-24)23-30-20(15(5)36-23)21(32)26-14(4)22-27-16(11-35-22)25(33)34-6/h11-14,19H,7-10H2,1-6H3,(H,26,32)(H,29,31)/t14-,19-/m0/s1. The smallest absolute Gasteiger partial charge is 0.360 e. The van der Waals surface area contributed by atoms with Crippen LogP contribution >= 0.6 is 11.3 Å². The van der Waals surface area contributed by atoms with Crippen LogP contribution in [0, 0.1) is 12.8 Å². The Labute approximate surface area is 219 Å². The summed E-state index contributed by atoms with van der Waals surface area (Å²) in [6, 6.07) is -0.868. The number of carbonyl (C=O) groups is 3. The quantitative estimate of drug-likeness (QED) is 0.249. The van der Waals surface area contributed by atoms with Gasteiger partial charge in [-0.2, -0.15) is 0 Å². The van der Waals surface area contributed by atoms with Gasteiger partial charge in [0.05, 0.1) is 13.2 Å². The number of hydrogen-bond donors (Lipinski definition) is 2. The molecule has 200 valence electrons. The van der Waals surface area contributed by atoms with E-state index in [1.54, 1.807) is 19.2 Å². The van der Waals surface area contributed by atoms with Crippen LogP contribution < -0.4 is 10.6 Å². The van der Waals surface area contributed by atoms with Crippen LogP contribution in [0.4, 0.5) is 0 Å². The first kappa shape index (κ1) is 28.0. The molecule has 0 aliphatic rings. The first-order valence-electron chi connectivity index (χ1n) is 12.2. The molecule has 0 saturated carbocycles. The second-order valence-electron chi connectivity index (χ2n) is 9.00. The number of carbonyl (C=O) groups excluding carboxylic acids is 3. The Kier molecular flexibility index (Phi) is 9.56. The molecule has 3 heterocycles. The molecular weight excluding hydrogens is 498 g/mol. The maximum absolute atomic E-state index is 12.9. The average Bonchev–Trinajstić information content (AvgIpc) is 3.61. The van der Waals surface area contributed by atoms with E-state index in [4.69, 9.17) is 8.83 Å². The van der Waals surface area contributed by atoms with Gasteiger partial charge in [0.1, 0.15) is 28.8 Å². The highest BCUT2D eigenvalue weighted by atomic mass is 32.1. The van der Waals surface area contributed by atoms with Gasteiger partial charge in [0.2, 0.25) is 17.7 Å². The number of amides is 2. The predicted molar refractivity (Wildman–Crippen MR) is 136 cm³/mol. The number of oxazole rings is 2. The summed E-state index contributed by atoms with van der Waals surface area (Å²) in [7, 11) is 1.24. The van der Waals surface area contributed by atoms with Gasteiger partial charge in [-0.25, -0.2) is 19.7 Å². The van der Waals surface area contributed by atoms with Crippen LogP contribution in [0.3, 0.4) is 0 Å². The molecule has 3 aromatic rings. The first-order chi connectivity index (χ1) is 17.6. The summed E-state index contributed by atoms with van der Waals surface area (Å²) in [5.74, 6) is -0.306. The van der Waals surface area contributed by atoms with Gasteiger partial charge in [0.25, 0.3) is 5.91 Å². The Morgan fingerprint density at radius 3 is 2.54 bits per heavy atom. The van der Waals surface area contributed by atoms with Crippen LogP contribution in [-0.2, 0) is 9.53 Å². The number of nitrogens with one attached hydrogen (secondary N) is 2. The van der Waals surface area contributed by atoms with Crippen molar-refractivity contribution < 1.29 is 28.0 Å². The largest absolute Gasteiger partial charge is 0.464 e. The molecule has 37 heavy (non-hydrogen) atoms. The molecule has 12 heteroatoms. The molecule has 3 rings (SSSR count). The van der Waals surface area contributed by atoms with E-state index in [0.717, 1.165) is 24.3 Å². The highest BCUT2D eigenvalue weighted by Crippen LogP contribution is 2.30. The van der Waals surface area contributed by atoms with E-state index in [2.05, 4.69) is 37.2 Å². The lowest BCUT2D eigenvalue weighted by atomic mass is 10.0. The molecule has 0 fully saturated rings. The number of ether oxygens (including phenoxy) is 1. The lowest BCUT2D eigenvalue weighted by Crippen LogP contribution is -2.31. The monoisotopic (exact) mass is 531 g/mol. The highest BCUT2D eigenvalue weighted by Gasteiger charge is 2.26. The summed E-state index contributed by atoms with van der Waals surface area (Å²) >= 11 is 1.40. The second kappa shape index (κ2) is 12.6. The van der Waals surface area contributed by atoms with E-state index >= 15 is 0 Å². The number of nitrogens with zero attached hydrogens (tertiary/aromatic N) is 3. The topological polar surface area (TPSA) is 149 Å². The van der Waals surface area contributed by atoms with Crippen molar-refractivity contribution in [2.24, 2.45) is 5.92 Å². The maximum Gasteiger partial charge on any atom is 0.360 e. The zero-order chi connectivity index (χ0) is 27.1. The Balaban J connectivity index is 1.70. The number of aryl methyl sites for hydroxylation is 1. The third kappa shape index (κ3) is 7.03. The third-order valence-electron chi connectivity index (χ3n) is 5.64. The molecule has 0 unspecified atom stereocenters. The van der Waals surface area contributed by atoms with Crippen LogP contribution in [0.25, 0.3) is 11.6 Å². The molecule has 0 aliphatic carbocycles. The summed E-state index contributed by atoms with van der Waals surface area (Å²) in [6.07, 6.45) is 4.59. The van der Waals surface area contributed by atoms with Gasteiger partial charge in [0, 0.05) is 11.8 Å². The lowest BCUT2D eigenvalue weighted by Gasteiger charge is -2.20. The van der Waals surface area contributed by atoms with Gasteiger partial charge in [-0.05, 0) is 26.2 Å². The SMILES string of the molecule is CCCCCC(=O)N[C@H](c1nc(-c2nc(C(=O)N[C@@H](C)c3nc(C(=O)OC)co3)c(C)o2)cs1)C(C)C.